The number of carbonyl (C=O) groups is 1. The Balaban J connectivity index is 2.28. The summed E-state index contributed by atoms with van der Waals surface area (Å²) in [6.45, 7) is 2.23. The second kappa shape index (κ2) is 7.48. The smallest absolute Gasteiger partial charge is 0.306 e. The van der Waals surface area contributed by atoms with Crippen LogP contribution >= 0.6 is 0 Å². The molecule has 0 N–H and O–H groups in total. The summed E-state index contributed by atoms with van der Waals surface area (Å²) in [4.78, 5) is 11.9. The fourth-order valence-corrected chi connectivity index (χ4v) is 2.34. The molecule has 0 saturated carbocycles. The standard InChI is InChI=1S/C18H20O3/c1-3-21-18(19)13-17(14-7-5-4-6-8-14)15-9-11-16(20-2)12-10-15/h4-12,17H,3,13H2,1-2H3/t17-/m1/s1. The van der Waals surface area contributed by atoms with Gasteiger partial charge in [-0.05, 0) is 30.2 Å². The molecule has 0 aliphatic heterocycles. The van der Waals surface area contributed by atoms with E-state index in [1.807, 2.05) is 61.5 Å². The van der Waals surface area contributed by atoms with Crippen LogP contribution in [0.4, 0.5) is 0 Å². The summed E-state index contributed by atoms with van der Waals surface area (Å²) in [6, 6.07) is 17.8. The minimum absolute atomic E-state index is 0.00356. The van der Waals surface area contributed by atoms with Crippen molar-refractivity contribution in [3.05, 3.63) is 65.7 Å². The van der Waals surface area contributed by atoms with Gasteiger partial charge in [-0.2, -0.15) is 0 Å². The number of ether oxygens (including phenoxy) is 2. The van der Waals surface area contributed by atoms with Crippen LogP contribution < -0.4 is 4.74 Å². The first-order valence-corrected chi connectivity index (χ1v) is 7.09. The van der Waals surface area contributed by atoms with Gasteiger partial charge in [-0.25, -0.2) is 0 Å². The number of carbonyl (C=O) groups excluding carboxylic acids is 1. The monoisotopic (exact) mass is 284 g/mol. The molecule has 2 aromatic rings. The Labute approximate surface area is 125 Å². The summed E-state index contributed by atoms with van der Waals surface area (Å²) >= 11 is 0. The van der Waals surface area contributed by atoms with E-state index in [9.17, 15) is 4.79 Å². The van der Waals surface area contributed by atoms with Crippen LogP contribution in [0.5, 0.6) is 5.75 Å². The molecule has 3 nitrogen and oxygen atoms in total. The first-order valence-electron chi connectivity index (χ1n) is 7.09. The lowest BCUT2D eigenvalue weighted by molar-refractivity contribution is -0.143. The van der Waals surface area contributed by atoms with Crippen molar-refractivity contribution in [1.29, 1.82) is 0 Å². The Morgan fingerprint density at radius 3 is 2.19 bits per heavy atom. The van der Waals surface area contributed by atoms with Crippen LogP contribution in [0.2, 0.25) is 0 Å². The van der Waals surface area contributed by atoms with Crippen molar-refractivity contribution in [2.45, 2.75) is 19.3 Å². The normalized spacial score (nSPS) is 11.7. The minimum Gasteiger partial charge on any atom is -0.497 e. The predicted molar refractivity (Wildman–Crippen MR) is 82.5 cm³/mol. The van der Waals surface area contributed by atoms with Crippen LogP contribution in [0.3, 0.4) is 0 Å². The summed E-state index contributed by atoms with van der Waals surface area (Å²) in [6.07, 6.45) is 0.337. The van der Waals surface area contributed by atoms with E-state index in [0.717, 1.165) is 16.9 Å². The number of methoxy groups -OCH3 is 1. The van der Waals surface area contributed by atoms with E-state index in [4.69, 9.17) is 9.47 Å². The molecule has 0 heterocycles. The third kappa shape index (κ3) is 4.09. The lowest BCUT2D eigenvalue weighted by atomic mass is 9.88. The molecule has 3 heteroatoms. The van der Waals surface area contributed by atoms with E-state index in [1.54, 1.807) is 7.11 Å². The molecule has 0 fully saturated rings. The van der Waals surface area contributed by atoms with Gasteiger partial charge in [0.05, 0.1) is 20.1 Å². The molecule has 0 amide bonds. The second-order valence-corrected chi connectivity index (χ2v) is 4.75. The number of benzene rings is 2. The van der Waals surface area contributed by atoms with Gasteiger partial charge in [0.15, 0.2) is 0 Å². The lowest BCUT2D eigenvalue weighted by Crippen LogP contribution is -2.11. The van der Waals surface area contributed by atoms with Gasteiger partial charge < -0.3 is 9.47 Å². The molecule has 2 aromatic carbocycles. The highest BCUT2D eigenvalue weighted by Gasteiger charge is 2.18. The highest BCUT2D eigenvalue weighted by molar-refractivity contribution is 5.71. The van der Waals surface area contributed by atoms with Gasteiger partial charge in [-0.1, -0.05) is 42.5 Å². The Morgan fingerprint density at radius 1 is 1.00 bits per heavy atom. The highest BCUT2D eigenvalue weighted by Crippen LogP contribution is 2.29. The van der Waals surface area contributed by atoms with Crippen molar-refractivity contribution < 1.29 is 14.3 Å². The molecule has 21 heavy (non-hydrogen) atoms. The first-order chi connectivity index (χ1) is 10.2. The molecule has 0 saturated heterocycles. The van der Waals surface area contributed by atoms with Crippen molar-refractivity contribution >= 4 is 5.97 Å². The molecular formula is C18H20O3. The van der Waals surface area contributed by atoms with Crippen LogP contribution in [0, 0.1) is 0 Å². The van der Waals surface area contributed by atoms with Crippen LogP contribution in [-0.4, -0.2) is 19.7 Å². The van der Waals surface area contributed by atoms with E-state index >= 15 is 0 Å². The van der Waals surface area contributed by atoms with Crippen LogP contribution in [-0.2, 0) is 9.53 Å². The van der Waals surface area contributed by atoms with E-state index in [1.165, 1.54) is 0 Å². The Bertz CT molecular complexity index is 561. The SMILES string of the molecule is CCOC(=O)C[C@H](c1ccccc1)c1ccc(OC)cc1. The summed E-state index contributed by atoms with van der Waals surface area (Å²) < 4.78 is 10.3. The molecule has 110 valence electrons. The van der Waals surface area contributed by atoms with Gasteiger partial charge >= 0.3 is 5.97 Å². The van der Waals surface area contributed by atoms with Crippen molar-refractivity contribution in [3.63, 3.8) is 0 Å². The average molecular weight is 284 g/mol. The molecule has 0 radical (unpaired) electrons. The average Bonchev–Trinajstić information content (AvgIpc) is 2.54. The second-order valence-electron chi connectivity index (χ2n) is 4.75. The van der Waals surface area contributed by atoms with E-state index in [0.29, 0.717) is 13.0 Å². The van der Waals surface area contributed by atoms with Crippen molar-refractivity contribution in [2.75, 3.05) is 13.7 Å². The van der Waals surface area contributed by atoms with Gasteiger partial charge in [0.25, 0.3) is 0 Å². The summed E-state index contributed by atoms with van der Waals surface area (Å²) in [5.74, 6) is 0.625. The molecule has 0 spiro atoms. The number of hydrogen-bond acceptors (Lipinski definition) is 3. The molecule has 2 rings (SSSR count). The van der Waals surface area contributed by atoms with Crippen molar-refractivity contribution in [2.24, 2.45) is 0 Å². The number of esters is 1. The van der Waals surface area contributed by atoms with E-state index < -0.39 is 0 Å². The quantitative estimate of drug-likeness (QED) is 0.757. The predicted octanol–water partition coefficient (Wildman–Crippen LogP) is 3.78. The van der Waals surface area contributed by atoms with Crippen molar-refractivity contribution in [1.82, 2.24) is 0 Å². The maximum atomic E-state index is 11.9. The topological polar surface area (TPSA) is 35.5 Å². The fourth-order valence-electron chi connectivity index (χ4n) is 2.34. The highest BCUT2D eigenvalue weighted by atomic mass is 16.5. The lowest BCUT2D eigenvalue weighted by Gasteiger charge is -2.17. The van der Waals surface area contributed by atoms with Crippen LogP contribution in [0.25, 0.3) is 0 Å². The summed E-state index contributed by atoms with van der Waals surface area (Å²) in [5, 5.41) is 0. The zero-order valence-corrected chi connectivity index (χ0v) is 12.4. The van der Waals surface area contributed by atoms with E-state index in [-0.39, 0.29) is 11.9 Å². The maximum Gasteiger partial charge on any atom is 0.306 e. The molecule has 0 unspecified atom stereocenters. The molecule has 0 aromatic heterocycles. The van der Waals surface area contributed by atoms with Crippen LogP contribution in [0.1, 0.15) is 30.4 Å². The third-order valence-corrected chi connectivity index (χ3v) is 3.40. The third-order valence-electron chi connectivity index (χ3n) is 3.40. The summed E-state index contributed by atoms with van der Waals surface area (Å²) in [5.41, 5.74) is 2.19. The van der Waals surface area contributed by atoms with Gasteiger partial charge in [0, 0.05) is 5.92 Å². The van der Waals surface area contributed by atoms with Gasteiger partial charge in [-0.15, -0.1) is 0 Å². The fraction of sp³-hybridized carbons (Fsp3) is 0.278. The van der Waals surface area contributed by atoms with Crippen molar-refractivity contribution in [3.8, 4) is 5.75 Å². The molecular weight excluding hydrogens is 264 g/mol. The Hall–Kier alpha value is -2.29. The van der Waals surface area contributed by atoms with Gasteiger partial charge in [0.1, 0.15) is 5.75 Å². The Kier molecular flexibility index (Phi) is 5.38. The van der Waals surface area contributed by atoms with Gasteiger partial charge in [0.2, 0.25) is 0 Å². The molecule has 0 bridgehead atoms. The largest absolute Gasteiger partial charge is 0.497 e. The first kappa shape index (κ1) is 15.1. The molecule has 1 atom stereocenters. The Morgan fingerprint density at radius 2 is 1.62 bits per heavy atom. The number of rotatable bonds is 6. The number of hydrogen-bond donors (Lipinski definition) is 0. The molecule has 0 aliphatic rings. The summed E-state index contributed by atoms with van der Waals surface area (Å²) in [7, 11) is 1.64. The van der Waals surface area contributed by atoms with E-state index in [2.05, 4.69) is 0 Å². The maximum absolute atomic E-state index is 11.9. The zero-order chi connectivity index (χ0) is 15.1. The van der Waals surface area contributed by atoms with Gasteiger partial charge in [-0.3, -0.25) is 4.79 Å². The zero-order valence-electron chi connectivity index (χ0n) is 12.4. The van der Waals surface area contributed by atoms with Crippen LogP contribution in [0.15, 0.2) is 54.6 Å². The molecule has 0 aliphatic carbocycles. The minimum atomic E-state index is -0.179.